The molecule has 0 aliphatic heterocycles. The molecule has 0 saturated heterocycles. The van der Waals surface area contributed by atoms with Crippen molar-refractivity contribution in [2.75, 3.05) is 20.3 Å². The molecule has 0 aliphatic carbocycles. The monoisotopic (exact) mass is 506 g/mol. The Balaban J connectivity index is 0.000000516. The predicted molar refractivity (Wildman–Crippen MR) is 138 cm³/mol. The maximum absolute atomic E-state index is 12.3. The van der Waals surface area contributed by atoms with Crippen LogP contribution in [0.1, 0.15) is 52.6 Å². The highest BCUT2D eigenvalue weighted by atomic mass is 16.6. The summed E-state index contributed by atoms with van der Waals surface area (Å²) in [5.74, 6) is 3.08. The minimum Gasteiger partial charge on any atom is -0.478 e. The molecule has 0 spiro atoms. The largest absolute Gasteiger partial charge is 0.478 e. The van der Waals surface area contributed by atoms with Crippen molar-refractivity contribution in [2.24, 2.45) is 0 Å². The van der Waals surface area contributed by atoms with Crippen molar-refractivity contribution in [3.8, 4) is 24.7 Å². The van der Waals surface area contributed by atoms with Crippen molar-refractivity contribution in [3.05, 3.63) is 70.8 Å². The van der Waals surface area contributed by atoms with E-state index in [2.05, 4.69) is 22.5 Å². The van der Waals surface area contributed by atoms with Gasteiger partial charge in [-0.3, -0.25) is 9.59 Å². The summed E-state index contributed by atoms with van der Waals surface area (Å²) in [4.78, 5) is 46.6. The number of rotatable bonds is 8. The first kappa shape index (κ1) is 30.4. The van der Waals surface area contributed by atoms with E-state index in [0.29, 0.717) is 16.7 Å². The van der Waals surface area contributed by atoms with Crippen LogP contribution in [0.2, 0.25) is 0 Å². The van der Waals surface area contributed by atoms with Gasteiger partial charge in [-0.2, -0.15) is 0 Å². The van der Waals surface area contributed by atoms with Crippen LogP contribution in [0.25, 0.3) is 0 Å². The van der Waals surface area contributed by atoms with Crippen LogP contribution in [0, 0.1) is 24.7 Å². The number of carboxylic acids is 1. The average Bonchev–Trinajstić information content (AvgIpc) is 2.85. The van der Waals surface area contributed by atoms with Gasteiger partial charge in [-0.15, -0.1) is 12.8 Å². The van der Waals surface area contributed by atoms with Crippen molar-refractivity contribution in [3.63, 3.8) is 0 Å². The fourth-order valence-electron chi connectivity index (χ4n) is 2.66. The van der Waals surface area contributed by atoms with Crippen molar-refractivity contribution >= 4 is 23.8 Å². The SMILES string of the molecule is C#Cc1ccc(C(=O)N[C@@H](CNC(=O)OC(C)(C)C)C(=O)COC)cc1.C#Cc1ccc(C(=O)O)cc1. The second-order valence-electron chi connectivity index (χ2n) is 8.56. The number of aromatic carboxylic acids is 1. The molecule has 2 amide bonds. The van der Waals surface area contributed by atoms with Gasteiger partial charge in [-0.05, 0) is 69.3 Å². The van der Waals surface area contributed by atoms with Gasteiger partial charge >= 0.3 is 12.1 Å². The minimum atomic E-state index is -0.956. The van der Waals surface area contributed by atoms with E-state index in [-0.39, 0.29) is 24.5 Å². The number of carbonyl (C=O) groups is 4. The van der Waals surface area contributed by atoms with Crippen molar-refractivity contribution in [1.82, 2.24) is 10.6 Å². The summed E-state index contributed by atoms with van der Waals surface area (Å²) < 4.78 is 9.94. The minimum absolute atomic E-state index is 0.120. The number of amides is 2. The van der Waals surface area contributed by atoms with Crippen LogP contribution >= 0.6 is 0 Å². The molecule has 2 aromatic carbocycles. The zero-order valence-electron chi connectivity index (χ0n) is 21.2. The number of nitrogens with one attached hydrogen (secondary N) is 2. The maximum atomic E-state index is 12.3. The Bertz CT molecular complexity index is 1170. The molecule has 0 aromatic heterocycles. The lowest BCUT2D eigenvalue weighted by molar-refractivity contribution is -0.124. The highest BCUT2D eigenvalue weighted by Crippen LogP contribution is 2.07. The average molecular weight is 507 g/mol. The van der Waals surface area contributed by atoms with E-state index in [4.69, 9.17) is 27.4 Å². The molecule has 2 rings (SSSR count). The van der Waals surface area contributed by atoms with E-state index in [1.54, 1.807) is 57.2 Å². The zero-order valence-corrected chi connectivity index (χ0v) is 21.2. The Morgan fingerprint density at radius 2 is 1.41 bits per heavy atom. The molecule has 37 heavy (non-hydrogen) atoms. The second-order valence-corrected chi connectivity index (χ2v) is 8.56. The zero-order chi connectivity index (χ0) is 28.0. The van der Waals surface area contributed by atoms with Gasteiger partial charge in [0.15, 0.2) is 5.78 Å². The highest BCUT2D eigenvalue weighted by Gasteiger charge is 2.23. The van der Waals surface area contributed by atoms with Crippen LogP contribution < -0.4 is 10.6 Å². The Morgan fingerprint density at radius 1 is 0.919 bits per heavy atom. The van der Waals surface area contributed by atoms with Crippen molar-refractivity contribution in [2.45, 2.75) is 32.4 Å². The third-order valence-corrected chi connectivity index (χ3v) is 4.44. The first-order valence-electron chi connectivity index (χ1n) is 11.1. The summed E-state index contributed by atoms with van der Waals surface area (Å²) in [7, 11) is 1.37. The molecule has 9 heteroatoms. The standard InChI is InChI=1S/C19H24N2O5.C9H6O2/c1-6-13-7-9-14(10-8-13)17(23)21-15(16(22)12-25-5)11-20-18(24)26-19(2,3)4;1-2-7-3-5-8(6-4-7)9(10)11/h1,7-10,15H,11-12H2,2-5H3,(H,20,24)(H,21,23);1,3-6H,(H,10,11)/t15-;/m0./s1. The molecular weight excluding hydrogens is 476 g/mol. The smallest absolute Gasteiger partial charge is 0.407 e. The summed E-state index contributed by atoms with van der Waals surface area (Å²) in [6, 6.07) is 11.6. The second kappa shape index (κ2) is 14.7. The summed E-state index contributed by atoms with van der Waals surface area (Å²) in [5.41, 5.74) is 1.26. The maximum Gasteiger partial charge on any atom is 0.407 e. The van der Waals surface area contributed by atoms with Crippen LogP contribution in [-0.4, -0.2) is 60.8 Å². The van der Waals surface area contributed by atoms with E-state index >= 15 is 0 Å². The molecule has 3 N–H and O–H groups in total. The van der Waals surface area contributed by atoms with E-state index in [0.717, 1.165) is 0 Å². The first-order chi connectivity index (χ1) is 17.4. The summed E-state index contributed by atoms with van der Waals surface area (Å²) in [6.07, 6.45) is 9.68. The number of terminal acetylenes is 2. The third-order valence-electron chi connectivity index (χ3n) is 4.44. The van der Waals surface area contributed by atoms with Gasteiger partial charge in [0.25, 0.3) is 5.91 Å². The lowest BCUT2D eigenvalue weighted by Gasteiger charge is -2.22. The summed E-state index contributed by atoms with van der Waals surface area (Å²) in [5, 5.41) is 13.6. The topological polar surface area (TPSA) is 131 Å². The van der Waals surface area contributed by atoms with Crippen LogP contribution in [0.15, 0.2) is 48.5 Å². The highest BCUT2D eigenvalue weighted by molar-refractivity contribution is 5.98. The van der Waals surface area contributed by atoms with Gasteiger partial charge in [0.05, 0.1) is 5.56 Å². The third kappa shape index (κ3) is 11.6. The quantitative estimate of drug-likeness (QED) is 0.469. The molecule has 2 aromatic rings. The van der Waals surface area contributed by atoms with E-state index in [9.17, 15) is 19.2 Å². The van der Waals surface area contributed by atoms with E-state index < -0.39 is 29.6 Å². The molecule has 0 radical (unpaired) electrons. The van der Waals surface area contributed by atoms with Gasteiger partial charge in [-0.1, -0.05) is 11.8 Å². The molecule has 0 aliphatic rings. The Hall–Kier alpha value is -4.60. The van der Waals surface area contributed by atoms with Gasteiger partial charge in [0.2, 0.25) is 0 Å². The van der Waals surface area contributed by atoms with Crippen molar-refractivity contribution < 1.29 is 33.8 Å². The molecule has 0 unspecified atom stereocenters. The van der Waals surface area contributed by atoms with Gasteiger partial charge < -0.3 is 25.2 Å². The number of benzene rings is 2. The Kier molecular flexibility index (Phi) is 12.1. The molecule has 0 saturated carbocycles. The molecule has 9 nitrogen and oxygen atoms in total. The Morgan fingerprint density at radius 3 is 1.81 bits per heavy atom. The number of ether oxygens (including phenoxy) is 2. The van der Waals surface area contributed by atoms with Gasteiger partial charge in [0.1, 0.15) is 18.2 Å². The molecule has 1 atom stereocenters. The van der Waals surface area contributed by atoms with Crippen LogP contribution in [0.3, 0.4) is 0 Å². The van der Waals surface area contributed by atoms with Crippen molar-refractivity contribution in [1.29, 1.82) is 0 Å². The lowest BCUT2D eigenvalue weighted by Crippen LogP contribution is -2.50. The fourth-order valence-corrected chi connectivity index (χ4v) is 2.66. The first-order valence-corrected chi connectivity index (χ1v) is 11.1. The number of ketones is 1. The molecule has 194 valence electrons. The Labute approximate surface area is 216 Å². The van der Waals surface area contributed by atoms with Crippen LogP contribution in [-0.2, 0) is 14.3 Å². The lowest BCUT2D eigenvalue weighted by atomic mass is 10.1. The van der Waals surface area contributed by atoms with E-state index in [1.807, 2.05) is 0 Å². The molecule has 0 fully saturated rings. The number of hydrogen-bond donors (Lipinski definition) is 3. The number of hydrogen-bond acceptors (Lipinski definition) is 6. The predicted octanol–water partition coefficient (Wildman–Crippen LogP) is 2.87. The van der Waals surface area contributed by atoms with Crippen LogP contribution in [0.5, 0.6) is 0 Å². The fraction of sp³-hybridized carbons (Fsp3) is 0.286. The van der Waals surface area contributed by atoms with Gasteiger partial charge in [0, 0.05) is 30.3 Å². The summed E-state index contributed by atoms with van der Waals surface area (Å²) >= 11 is 0. The molecule has 0 bridgehead atoms. The number of alkyl carbamates (subject to hydrolysis) is 1. The van der Waals surface area contributed by atoms with Gasteiger partial charge in [-0.25, -0.2) is 9.59 Å². The normalized spacial score (nSPS) is 10.9. The number of carbonyl (C=O) groups excluding carboxylic acids is 3. The number of carboxylic acid groups (broad SMARTS) is 1. The number of methoxy groups -OCH3 is 1. The molecular formula is C28H30N2O7. The summed E-state index contributed by atoms with van der Waals surface area (Å²) in [6.45, 7) is 4.85. The molecule has 0 heterocycles. The van der Waals surface area contributed by atoms with Crippen LogP contribution in [0.4, 0.5) is 4.79 Å². The van der Waals surface area contributed by atoms with E-state index in [1.165, 1.54) is 19.2 Å². The number of Topliss-reactive ketones (excluding diaryl/α,β-unsaturated/α-hetero) is 1.